The maximum atomic E-state index is 6.19. The molecule has 4 nitrogen and oxygen atoms in total. The van der Waals surface area contributed by atoms with Gasteiger partial charge in [-0.1, -0.05) is 23.2 Å². The van der Waals surface area contributed by atoms with Crippen LogP contribution in [0, 0.1) is 0 Å². The van der Waals surface area contributed by atoms with E-state index in [1.165, 1.54) is 0 Å². The monoisotopic (exact) mass is 308 g/mol. The fraction of sp³-hybridized carbons (Fsp3) is 0.286. The number of halogens is 2. The average molecular weight is 309 g/mol. The lowest BCUT2D eigenvalue weighted by Gasteiger charge is -2.06. The molecule has 2 aliphatic rings. The first-order valence-corrected chi connectivity index (χ1v) is 7.10. The minimum absolute atomic E-state index is 0.183. The second-order valence-corrected chi connectivity index (χ2v) is 5.70. The lowest BCUT2D eigenvalue weighted by molar-refractivity contribution is 0.174. The lowest BCUT2D eigenvalue weighted by Crippen LogP contribution is -1.95. The molecule has 1 aromatic carbocycles. The van der Waals surface area contributed by atoms with Gasteiger partial charge in [-0.15, -0.1) is 0 Å². The van der Waals surface area contributed by atoms with Gasteiger partial charge in [-0.25, -0.2) is 9.97 Å². The van der Waals surface area contributed by atoms with Crippen molar-refractivity contribution >= 4 is 23.2 Å². The number of fused-ring (bicyclic) bond motifs is 1. The number of benzene rings is 1. The van der Waals surface area contributed by atoms with Crippen LogP contribution in [0.5, 0.6) is 11.5 Å². The summed E-state index contributed by atoms with van der Waals surface area (Å²) in [6, 6.07) is 5.44. The summed E-state index contributed by atoms with van der Waals surface area (Å²) in [5.74, 6) is 2.27. The Balaban J connectivity index is 1.82. The molecule has 1 fully saturated rings. The van der Waals surface area contributed by atoms with Crippen LogP contribution in [0.15, 0.2) is 18.2 Å². The molecule has 0 amide bonds. The van der Waals surface area contributed by atoms with Gasteiger partial charge in [0.05, 0.1) is 5.02 Å². The van der Waals surface area contributed by atoms with Crippen LogP contribution in [0.4, 0.5) is 0 Å². The Hall–Kier alpha value is -1.52. The van der Waals surface area contributed by atoms with Crippen molar-refractivity contribution in [3.8, 4) is 22.9 Å². The topological polar surface area (TPSA) is 44.2 Å². The van der Waals surface area contributed by atoms with Gasteiger partial charge in [0, 0.05) is 17.2 Å². The van der Waals surface area contributed by atoms with E-state index in [9.17, 15) is 0 Å². The van der Waals surface area contributed by atoms with Crippen molar-refractivity contribution in [3.63, 3.8) is 0 Å². The van der Waals surface area contributed by atoms with Crippen LogP contribution in [0.3, 0.4) is 0 Å². The number of hydrogen-bond acceptors (Lipinski definition) is 4. The first kappa shape index (κ1) is 12.2. The first-order chi connectivity index (χ1) is 9.70. The summed E-state index contributed by atoms with van der Waals surface area (Å²) >= 11 is 12.3. The van der Waals surface area contributed by atoms with E-state index in [2.05, 4.69) is 9.97 Å². The fourth-order valence-electron chi connectivity index (χ4n) is 2.25. The zero-order valence-corrected chi connectivity index (χ0v) is 11.9. The predicted molar refractivity (Wildman–Crippen MR) is 75.6 cm³/mol. The van der Waals surface area contributed by atoms with E-state index >= 15 is 0 Å². The van der Waals surface area contributed by atoms with Crippen LogP contribution in [-0.4, -0.2) is 16.8 Å². The zero-order chi connectivity index (χ0) is 13.7. The highest BCUT2D eigenvalue weighted by Gasteiger charge is 2.27. The SMILES string of the molecule is Clc1cc(C2CC2)nc(-c2cc(Cl)c3c(c2)OCO3)n1. The Labute approximate surface area is 125 Å². The highest BCUT2D eigenvalue weighted by molar-refractivity contribution is 6.32. The molecule has 102 valence electrons. The Morgan fingerprint density at radius 3 is 2.70 bits per heavy atom. The molecule has 0 N–H and O–H groups in total. The molecule has 1 aromatic heterocycles. The summed E-state index contributed by atoms with van der Waals surface area (Å²) < 4.78 is 10.7. The van der Waals surface area contributed by atoms with Crippen molar-refractivity contribution in [3.05, 3.63) is 34.1 Å². The van der Waals surface area contributed by atoms with Crippen molar-refractivity contribution in [1.82, 2.24) is 9.97 Å². The van der Waals surface area contributed by atoms with Gasteiger partial charge in [0.15, 0.2) is 17.3 Å². The first-order valence-electron chi connectivity index (χ1n) is 6.35. The van der Waals surface area contributed by atoms with Crippen LogP contribution in [0.2, 0.25) is 10.2 Å². The molecule has 2 aromatic rings. The maximum Gasteiger partial charge on any atom is 0.231 e. The zero-order valence-electron chi connectivity index (χ0n) is 10.4. The second-order valence-electron chi connectivity index (χ2n) is 4.91. The van der Waals surface area contributed by atoms with Gasteiger partial charge in [-0.3, -0.25) is 0 Å². The molecule has 0 radical (unpaired) electrons. The molecule has 0 bridgehead atoms. The van der Waals surface area contributed by atoms with Gasteiger partial charge in [-0.2, -0.15) is 0 Å². The van der Waals surface area contributed by atoms with Crippen molar-refractivity contribution in [2.24, 2.45) is 0 Å². The molecular weight excluding hydrogens is 299 g/mol. The summed E-state index contributed by atoms with van der Waals surface area (Å²) in [6.45, 7) is 0.183. The van der Waals surface area contributed by atoms with Crippen LogP contribution < -0.4 is 9.47 Å². The molecule has 0 atom stereocenters. The molecule has 0 unspecified atom stereocenters. The molecule has 1 saturated carbocycles. The number of ether oxygens (including phenoxy) is 2. The van der Waals surface area contributed by atoms with Crippen LogP contribution >= 0.6 is 23.2 Å². The Morgan fingerprint density at radius 1 is 1.05 bits per heavy atom. The van der Waals surface area contributed by atoms with Gasteiger partial charge >= 0.3 is 0 Å². The molecule has 6 heteroatoms. The largest absolute Gasteiger partial charge is 0.454 e. The second kappa shape index (κ2) is 4.50. The van der Waals surface area contributed by atoms with Crippen LogP contribution in [0.1, 0.15) is 24.5 Å². The third-order valence-corrected chi connectivity index (χ3v) is 3.87. The third-order valence-electron chi connectivity index (χ3n) is 3.40. The highest BCUT2D eigenvalue weighted by atomic mass is 35.5. The third kappa shape index (κ3) is 2.09. The highest BCUT2D eigenvalue weighted by Crippen LogP contribution is 2.43. The molecule has 4 rings (SSSR count). The molecule has 1 aliphatic heterocycles. The van der Waals surface area contributed by atoms with Crippen molar-refractivity contribution in [1.29, 1.82) is 0 Å². The van der Waals surface area contributed by atoms with E-state index in [4.69, 9.17) is 32.7 Å². The summed E-state index contributed by atoms with van der Waals surface area (Å²) in [4.78, 5) is 8.86. The molecule has 0 saturated heterocycles. The van der Waals surface area contributed by atoms with E-state index in [-0.39, 0.29) is 6.79 Å². The normalized spacial score (nSPS) is 16.5. The lowest BCUT2D eigenvalue weighted by atomic mass is 10.1. The quantitative estimate of drug-likeness (QED) is 0.785. The van der Waals surface area contributed by atoms with E-state index in [1.54, 1.807) is 6.07 Å². The Morgan fingerprint density at radius 2 is 1.90 bits per heavy atom. The van der Waals surface area contributed by atoms with Crippen LogP contribution in [0.25, 0.3) is 11.4 Å². The summed E-state index contributed by atoms with van der Waals surface area (Å²) in [6.07, 6.45) is 2.32. The Bertz CT molecular complexity index is 702. The summed E-state index contributed by atoms with van der Waals surface area (Å²) in [7, 11) is 0. The predicted octanol–water partition coefficient (Wildman–Crippen LogP) is 4.06. The minimum atomic E-state index is 0.183. The molecule has 1 aliphatic carbocycles. The number of hydrogen-bond donors (Lipinski definition) is 0. The van der Waals surface area contributed by atoms with Crippen molar-refractivity contribution in [2.45, 2.75) is 18.8 Å². The number of nitrogens with zero attached hydrogens (tertiary/aromatic N) is 2. The maximum absolute atomic E-state index is 6.19. The fourth-order valence-corrected chi connectivity index (χ4v) is 2.71. The number of aromatic nitrogens is 2. The average Bonchev–Trinajstić information content (AvgIpc) is 3.16. The van der Waals surface area contributed by atoms with E-state index in [0.717, 1.165) is 24.1 Å². The van der Waals surface area contributed by atoms with Gasteiger partial charge in [-0.05, 0) is 31.0 Å². The van der Waals surface area contributed by atoms with Gasteiger partial charge < -0.3 is 9.47 Å². The van der Waals surface area contributed by atoms with Crippen LogP contribution in [-0.2, 0) is 0 Å². The van der Waals surface area contributed by atoms with E-state index in [1.807, 2.05) is 12.1 Å². The minimum Gasteiger partial charge on any atom is -0.454 e. The molecular formula is C14H10Cl2N2O2. The molecule has 20 heavy (non-hydrogen) atoms. The van der Waals surface area contributed by atoms with Gasteiger partial charge in [0.25, 0.3) is 0 Å². The number of rotatable bonds is 2. The van der Waals surface area contributed by atoms with Gasteiger partial charge in [0.1, 0.15) is 5.15 Å². The molecule has 0 spiro atoms. The summed E-state index contributed by atoms with van der Waals surface area (Å²) in [5.41, 5.74) is 1.78. The molecule has 2 heterocycles. The van der Waals surface area contributed by atoms with E-state index in [0.29, 0.717) is 33.4 Å². The van der Waals surface area contributed by atoms with Gasteiger partial charge in [0.2, 0.25) is 6.79 Å². The summed E-state index contributed by atoms with van der Waals surface area (Å²) in [5, 5.41) is 0.942. The Kier molecular flexibility index (Phi) is 2.75. The smallest absolute Gasteiger partial charge is 0.231 e. The van der Waals surface area contributed by atoms with Crippen molar-refractivity contribution < 1.29 is 9.47 Å². The van der Waals surface area contributed by atoms with Crippen molar-refractivity contribution in [2.75, 3.05) is 6.79 Å². The van der Waals surface area contributed by atoms with E-state index < -0.39 is 0 Å². The standard InChI is InChI=1S/C14H10Cl2N2O2/c15-9-3-8(4-11-13(9)20-6-19-11)14-17-10(7-1-2-7)5-12(16)18-14/h3-5,7H,1-2,6H2.